The van der Waals surface area contributed by atoms with E-state index in [2.05, 4.69) is 17.6 Å². The maximum absolute atomic E-state index is 14.3. The zero-order valence-electron chi connectivity index (χ0n) is 25.6. The standard InChI is InChI=1S/C32H47N3O5/c1-10-11-12-19-35(30(37)27(21(2)3)34-31(38)40-32(6,7)8)28(26-18-13-22(4)20-23(26)5)29(36)33-24-14-16-25(39-9)17-15-24/h13-18,20-21,27-28H,10-12,19H2,1-9H3,(H,33,36)(H,34,38). The molecule has 2 rings (SSSR count). The van der Waals surface area contributed by atoms with E-state index in [0.717, 1.165) is 36.0 Å². The molecule has 0 aliphatic heterocycles. The van der Waals surface area contributed by atoms with Crippen LogP contribution in [-0.2, 0) is 14.3 Å². The fourth-order valence-corrected chi connectivity index (χ4v) is 4.49. The van der Waals surface area contributed by atoms with E-state index in [1.54, 1.807) is 57.0 Å². The van der Waals surface area contributed by atoms with Crippen LogP contribution in [-0.4, -0.2) is 48.1 Å². The SMILES string of the molecule is CCCCCN(C(=O)C(NC(=O)OC(C)(C)C)C(C)C)C(C(=O)Nc1ccc(OC)cc1)c1ccc(C)cc1C. The van der Waals surface area contributed by atoms with Gasteiger partial charge in [0, 0.05) is 12.2 Å². The first-order valence-electron chi connectivity index (χ1n) is 14.1. The second kappa shape index (κ2) is 14.7. The molecule has 0 saturated heterocycles. The summed E-state index contributed by atoms with van der Waals surface area (Å²) < 4.78 is 10.7. The Kier molecular flexibility index (Phi) is 12.0. The summed E-state index contributed by atoms with van der Waals surface area (Å²) in [6, 6.07) is 11.2. The number of benzene rings is 2. The van der Waals surface area contributed by atoms with Gasteiger partial charge in [0.2, 0.25) is 5.91 Å². The molecule has 0 aliphatic carbocycles. The Morgan fingerprint density at radius 3 is 2.15 bits per heavy atom. The average molecular weight is 554 g/mol. The van der Waals surface area contributed by atoms with Gasteiger partial charge in [0.15, 0.2) is 0 Å². The van der Waals surface area contributed by atoms with Gasteiger partial charge in [0.05, 0.1) is 7.11 Å². The topological polar surface area (TPSA) is 97.0 Å². The number of carbonyl (C=O) groups excluding carboxylic acids is 3. The zero-order valence-corrected chi connectivity index (χ0v) is 25.6. The molecule has 2 atom stereocenters. The number of unbranched alkanes of at least 4 members (excludes halogenated alkanes) is 2. The highest BCUT2D eigenvalue weighted by atomic mass is 16.6. The molecule has 40 heavy (non-hydrogen) atoms. The summed E-state index contributed by atoms with van der Waals surface area (Å²) in [5.41, 5.74) is 2.58. The highest BCUT2D eigenvalue weighted by molar-refractivity contribution is 5.99. The molecule has 0 heterocycles. The summed E-state index contributed by atoms with van der Waals surface area (Å²) >= 11 is 0. The number of carbonyl (C=O) groups is 3. The molecule has 2 aromatic rings. The van der Waals surface area contributed by atoms with Crippen LogP contribution in [0.4, 0.5) is 10.5 Å². The largest absolute Gasteiger partial charge is 0.497 e. The quantitative estimate of drug-likeness (QED) is 0.290. The average Bonchev–Trinajstić information content (AvgIpc) is 2.86. The van der Waals surface area contributed by atoms with E-state index in [1.165, 1.54) is 0 Å². The maximum Gasteiger partial charge on any atom is 0.408 e. The molecule has 8 nitrogen and oxygen atoms in total. The van der Waals surface area contributed by atoms with Crippen molar-refractivity contribution >= 4 is 23.6 Å². The van der Waals surface area contributed by atoms with Gasteiger partial charge in [0.25, 0.3) is 5.91 Å². The van der Waals surface area contributed by atoms with Gasteiger partial charge in [-0.3, -0.25) is 9.59 Å². The van der Waals surface area contributed by atoms with Crippen LogP contribution < -0.4 is 15.4 Å². The van der Waals surface area contributed by atoms with E-state index >= 15 is 0 Å². The summed E-state index contributed by atoms with van der Waals surface area (Å²) in [6.45, 7) is 15.4. The van der Waals surface area contributed by atoms with E-state index in [0.29, 0.717) is 18.0 Å². The number of anilines is 1. The number of nitrogens with zero attached hydrogens (tertiary/aromatic N) is 1. The van der Waals surface area contributed by atoms with E-state index in [1.807, 2.05) is 45.9 Å². The number of nitrogens with one attached hydrogen (secondary N) is 2. The van der Waals surface area contributed by atoms with Gasteiger partial charge in [-0.1, -0.05) is 57.4 Å². The van der Waals surface area contributed by atoms with Crippen molar-refractivity contribution in [2.75, 3.05) is 19.0 Å². The van der Waals surface area contributed by atoms with Crippen molar-refractivity contribution in [1.82, 2.24) is 10.2 Å². The molecule has 3 amide bonds. The van der Waals surface area contributed by atoms with Crippen LogP contribution in [0, 0.1) is 19.8 Å². The molecule has 0 fully saturated rings. The van der Waals surface area contributed by atoms with E-state index in [9.17, 15) is 14.4 Å². The van der Waals surface area contributed by atoms with Crippen molar-refractivity contribution in [3.63, 3.8) is 0 Å². The van der Waals surface area contributed by atoms with E-state index in [-0.39, 0.29) is 17.7 Å². The highest BCUT2D eigenvalue weighted by Crippen LogP contribution is 2.29. The molecule has 0 radical (unpaired) electrons. The highest BCUT2D eigenvalue weighted by Gasteiger charge is 2.38. The Bertz CT molecular complexity index is 1140. The first-order valence-corrected chi connectivity index (χ1v) is 14.1. The molecule has 2 aromatic carbocycles. The van der Waals surface area contributed by atoms with Crippen LogP contribution in [0.1, 0.15) is 83.5 Å². The molecule has 0 spiro atoms. The minimum absolute atomic E-state index is 0.238. The van der Waals surface area contributed by atoms with Crippen LogP contribution in [0.25, 0.3) is 0 Å². The molecular weight excluding hydrogens is 506 g/mol. The van der Waals surface area contributed by atoms with Crippen molar-refractivity contribution in [2.24, 2.45) is 5.92 Å². The predicted molar refractivity (Wildman–Crippen MR) is 160 cm³/mol. The Morgan fingerprint density at radius 2 is 1.62 bits per heavy atom. The summed E-state index contributed by atoms with van der Waals surface area (Å²) in [5.74, 6) is -0.222. The van der Waals surface area contributed by atoms with Crippen molar-refractivity contribution in [3.05, 3.63) is 59.2 Å². The van der Waals surface area contributed by atoms with Crippen LogP contribution in [0.5, 0.6) is 5.75 Å². The Hall–Kier alpha value is -3.55. The lowest BCUT2D eigenvalue weighted by molar-refractivity contribution is -0.141. The third-order valence-electron chi connectivity index (χ3n) is 6.53. The molecular formula is C32H47N3O5. The first kappa shape index (κ1) is 32.7. The zero-order chi connectivity index (χ0) is 30.0. The Balaban J connectivity index is 2.56. The van der Waals surface area contributed by atoms with Gasteiger partial charge >= 0.3 is 6.09 Å². The smallest absolute Gasteiger partial charge is 0.408 e. The number of hydrogen-bond acceptors (Lipinski definition) is 5. The molecule has 220 valence electrons. The molecule has 8 heteroatoms. The monoisotopic (exact) mass is 553 g/mol. The lowest BCUT2D eigenvalue weighted by Gasteiger charge is -2.36. The number of hydrogen-bond donors (Lipinski definition) is 2. The summed E-state index contributed by atoms with van der Waals surface area (Å²) in [5, 5.41) is 5.78. The number of ether oxygens (including phenoxy) is 2. The minimum atomic E-state index is -0.909. The van der Waals surface area contributed by atoms with Crippen molar-refractivity contribution in [1.29, 1.82) is 0 Å². The second-order valence-corrected chi connectivity index (χ2v) is 11.6. The van der Waals surface area contributed by atoms with Gasteiger partial charge < -0.3 is 25.0 Å². The van der Waals surface area contributed by atoms with Crippen LogP contribution in [0.2, 0.25) is 0 Å². The lowest BCUT2D eigenvalue weighted by Crippen LogP contribution is -2.54. The second-order valence-electron chi connectivity index (χ2n) is 11.6. The van der Waals surface area contributed by atoms with Crippen LogP contribution >= 0.6 is 0 Å². The lowest BCUT2D eigenvalue weighted by atomic mass is 9.94. The molecule has 2 unspecified atom stereocenters. The summed E-state index contributed by atoms with van der Waals surface area (Å²) in [4.78, 5) is 42.7. The van der Waals surface area contributed by atoms with Gasteiger partial charge in [-0.15, -0.1) is 0 Å². The summed E-state index contributed by atoms with van der Waals surface area (Å²) in [6.07, 6.45) is 1.91. The van der Waals surface area contributed by atoms with Gasteiger partial charge in [-0.2, -0.15) is 0 Å². The van der Waals surface area contributed by atoms with Crippen molar-refractivity contribution < 1.29 is 23.9 Å². The summed E-state index contributed by atoms with van der Waals surface area (Å²) in [7, 11) is 1.58. The van der Waals surface area contributed by atoms with Gasteiger partial charge in [-0.25, -0.2) is 4.79 Å². The fraction of sp³-hybridized carbons (Fsp3) is 0.531. The normalized spacial score (nSPS) is 12.8. The predicted octanol–water partition coefficient (Wildman–Crippen LogP) is 6.56. The Morgan fingerprint density at radius 1 is 0.975 bits per heavy atom. The van der Waals surface area contributed by atoms with Gasteiger partial charge in [0.1, 0.15) is 23.4 Å². The number of methoxy groups -OCH3 is 1. The Labute approximate surface area is 239 Å². The number of aryl methyl sites for hydroxylation is 2. The third-order valence-corrected chi connectivity index (χ3v) is 6.53. The van der Waals surface area contributed by atoms with Crippen molar-refractivity contribution in [2.45, 2.75) is 92.3 Å². The third kappa shape index (κ3) is 9.57. The fourth-order valence-electron chi connectivity index (χ4n) is 4.49. The number of amides is 3. The number of alkyl carbamates (subject to hydrolysis) is 1. The minimum Gasteiger partial charge on any atom is -0.497 e. The molecule has 0 saturated carbocycles. The van der Waals surface area contributed by atoms with E-state index in [4.69, 9.17) is 9.47 Å². The van der Waals surface area contributed by atoms with Crippen molar-refractivity contribution in [3.8, 4) is 5.75 Å². The van der Waals surface area contributed by atoms with E-state index < -0.39 is 23.8 Å². The molecule has 0 bridgehead atoms. The molecule has 0 aromatic heterocycles. The molecule has 0 aliphatic rings. The van der Waals surface area contributed by atoms with Gasteiger partial charge in [-0.05, 0) is 82.3 Å². The molecule has 2 N–H and O–H groups in total. The van der Waals surface area contributed by atoms with Crippen LogP contribution in [0.3, 0.4) is 0 Å². The van der Waals surface area contributed by atoms with Crippen LogP contribution in [0.15, 0.2) is 42.5 Å². The number of rotatable bonds is 12. The maximum atomic E-state index is 14.3. The first-order chi connectivity index (χ1) is 18.8.